The van der Waals surface area contributed by atoms with Crippen molar-refractivity contribution in [3.05, 3.63) is 29.8 Å². The maximum Gasteiger partial charge on any atom is 0.224 e. The molecule has 0 bridgehead atoms. The average molecular weight is 344 g/mol. The van der Waals surface area contributed by atoms with Crippen LogP contribution in [0.2, 0.25) is 0 Å². The second-order valence-electron chi connectivity index (χ2n) is 8.09. The van der Waals surface area contributed by atoms with Crippen LogP contribution < -0.4 is 10.2 Å². The van der Waals surface area contributed by atoms with Gasteiger partial charge in [0.1, 0.15) is 0 Å². The Hall–Kier alpha value is -1.55. The zero-order valence-electron chi connectivity index (χ0n) is 16.0. The molecule has 1 aromatic carbocycles. The predicted octanol–water partition coefficient (Wildman–Crippen LogP) is 3.44. The largest absolute Gasteiger partial charge is 0.372 e. The number of hydrogen-bond donors (Lipinski definition) is 1. The highest BCUT2D eigenvalue weighted by molar-refractivity contribution is 5.79. The third kappa shape index (κ3) is 4.75. The van der Waals surface area contributed by atoms with Crippen LogP contribution in [0.3, 0.4) is 0 Å². The van der Waals surface area contributed by atoms with Crippen molar-refractivity contribution in [3.63, 3.8) is 0 Å². The molecule has 2 fully saturated rings. The van der Waals surface area contributed by atoms with Crippen molar-refractivity contribution in [1.82, 2.24) is 10.2 Å². The molecule has 0 aliphatic carbocycles. The first-order valence-electron chi connectivity index (χ1n) is 9.86. The van der Waals surface area contributed by atoms with E-state index in [4.69, 9.17) is 0 Å². The number of carbonyl (C=O) groups is 1. The first-order valence-corrected chi connectivity index (χ1v) is 9.86. The molecule has 1 amide bonds. The van der Waals surface area contributed by atoms with Crippen molar-refractivity contribution >= 4 is 11.6 Å². The van der Waals surface area contributed by atoms with E-state index in [-0.39, 0.29) is 17.9 Å². The van der Waals surface area contributed by atoms with Gasteiger partial charge in [0.2, 0.25) is 5.91 Å². The van der Waals surface area contributed by atoms with Crippen LogP contribution in [0.1, 0.15) is 51.1 Å². The molecule has 3 rings (SSSR count). The van der Waals surface area contributed by atoms with Gasteiger partial charge >= 0.3 is 0 Å². The standard InChI is InChI=1S/C21H33N3O/c1-16-10-13-24(14-11-16)20-8-6-18(7-9-20)17(2)22-21(25)19-5-4-12-23(3)15-19/h6-9,16-17,19H,4-5,10-15H2,1-3H3,(H,22,25). The Balaban J connectivity index is 1.55. The van der Waals surface area contributed by atoms with E-state index in [9.17, 15) is 4.79 Å². The van der Waals surface area contributed by atoms with E-state index in [1.54, 1.807) is 0 Å². The van der Waals surface area contributed by atoms with Gasteiger partial charge in [0, 0.05) is 25.3 Å². The third-order valence-corrected chi connectivity index (χ3v) is 5.90. The van der Waals surface area contributed by atoms with Gasteiger partial charge in [-0.05, 0) is 69.8 Å². The average Bonchev–Trinajstić information content (AvgIpc) is 2.62. The van der Waals surface area contributed by atoms with E-state index in [1.165, 1.54) is 24.1 Å². The second-order valence-corrected chi connectivity index (χ2v) is 8.09. The lowest BCUT2D eigenvalue weighted by Crippen LogP contribution is -2.42. The number of rotatable bonds is 4. The van der Waals surface area contributed by atoms with Crippen LogP contribution in [0, 0.1) is 11.8 Å². The molecule has 1 aromatic rings. The molecule has 2 atom stereocenters. The Kier molecular flexibility index (Phi) is 6.00. The zero-order chi connectivity index (χ0) is 17.8. The van der Waals surface area contributed by atoms with Crippen LogP contribution in [0.15, 0.2) is 24.3 Å². The third-order valence-electron chi connectivity index (χ3n) is 5.90. The minimum Gasteiger partial charge on any atom is -0.372 e. The Morgan fingerprint density at radius 1 is 1.12 bits per heavy atom. The van der Waals surface area contributed by atoms with E-state index < -0.39 is 0 Å². The van der Waals surface area contributed by atoms with Gasteiger partial charge in [-0.1, -0.05) is 19.1 Å². The van der Waals surface area contributed by atoms with Crippen molar-refractivity contribution in [3.8, 4) is 0 Å². The lowest BCUT2D eigenvalue weighted by atomic mass is 9.96. The highest BCUT2D eigenvalue weighted by atomic mass is 16.2. The summed E-state index contributed by atoms with van der Waals surface area (Å²) >= 11 is 0. The van der Waals surface area contributed by atoms with E-state index in [1.807, 2.05) is 0 Å². The maximum absolute atomic E-state index is 12.5. The van der Waals surface area contributed by atoms with Crippen molar-refractivity contribution in [2.45, 2.75) is 45.6 Å². The Morgan fingerprint density at radius 2 is 1.80 bits per heavy atom. The van der Waals surface area contributed by atoms with Gasteiger partial charge in [-0.2, -0.15) is 0 Å². The molecule has 0 radical (unpaired) electrons. The minimum atomic E-state index is 0.0650. The summed E-state index contributed by atoms with van der Waals surface area (Å²) in [5, 5.41) is 3.21. The summed E-state index contributed by atoms with van der Waals surface area (Å²) in [6, 6.07) is 8.83. The summed E-state index contributed by atoms with van der Waals surface area (Å²) in [6.07, 6.45) is 4.69. The molecule has 2 aliphatic heterocycles. The lowest BCUT2D eigenvalue weighted by Gasteiger charge is -2.32. The molecule has 0 aromatic heterocycles. The molecule has 2 saturated heterocycles. The van der Waals surface area contributed by atoms with Crippen LogP contribution in [-0.4, -0.2) is 44.0 Å². The van der Waals surface area contributed by atoms with Crippen LogP contribution in [-0.2, 0) is 4.79 Å². The molecular formula is C21H33N3O. The van der Waals surface area contributed by atoms with Crippen molar-refractivity contribution in [1.29, 1.82) is 0 Å². The molecule has 0 saturated carbocycles. The summed E-state index contributed by atoms with van der Waals surface area (Å²) in [5.74, 6) is 1.19. The normalized spacial score (nSPS) is 24.1. The molecule has 4 heteroatoms. The van der Waals surface area contributed by atoms with E-state index in [2.05, 4.69) is 60.3 Å². The number of likely N-dealkylation sites (tertiary alicyclic amines) is 1. The van der Waals surface area contributed by atoms with Gasteiger partial charge in [0.15, 0.2) is 0 Å². The van der Waals surface area contributed by atoms with Crippen molar-refractivity contribution in [2.75, 3.05) is 38.1 Å². The monoisotopic (exact) mass is 343 g/mol. The fraction of sp³-hybridized carbons (Fsp3) is 0.667. The van der Waals surface area contributed by atoms with Gasteiger partial charge in [-0.25, -0.2) is 0 Å². The summed E-state index contributed by atoms with van der Waals surface area (Å²) in [5.41, 5.74) is 2.50. The van der Waals surface area contributed by atoms with Crippen LogP contribution >= 0.6 is 0 Å². The molecule has 2 heterocycles. The summed E-state index contributed by atoms with van der Waals surface area (Å²) in [6.45, 7) is 8.72. The molecule has 25 heavy (non-hydrogen) atoms. The smallest absolute Gasteiger partial charge is 0.224 e. The van der Waals surface area contributed by atoms with Crippen LogP contribution in [0.25, 0.3) is 0 Å². The zero-order valence-corrected chi connectivity index (χ0v) is 16.0. The lowest BCUT2D eigenvalue weighted by molar-refractivity contribution is -0.127. The van der Waals surface area contributed by atoms with E-state index in [0.717, 1.165) is 44.9 Å². The first kappa shape index (κ1) is 18.2. The van der Waals surface area contributed by atoms with Crippen molar-refractivity contribution < 1.29 is 4.79 Å². The van der Waals surface area contributed by atoms with Crippen LogP contribution in [0.4, 0.5) is 5.69 Å². The van der Waals surface area contributed by atoms with Gasteiger partial charge < -0.3 is 15.1 Å². The molecular weight excluding hydrogens is 310 g/mol. The molecule has 138 valence electrons. The molecule has 2 aliphatic rings. The highest BCUT2D eigenvalue weighted by Gasteiger charge is 2.25. The summed E-state index contributed by atoms with van der Waals surface area (Å²) < 4.78 is 0. The topological polar surface area (TPSA) is 35.6 Å². The number of anilines is 1. The minimum absolute atomic E-state index is 0.0650. The van der Waals surface area contributed by atoms with Gasteiger partial charge in [-0.3, -0.25) is 4.79 Å². The summed E-state index contributed by atoms with van der Waals surface area (Å²) in [4.78, 5) is 17.3. The highest BCUT2D eigenvalue weighted by Crippen LogP contribution is 2.25. The number of nitrogens with one attached hydrogen (secondary N) is 1. The number of amides is 1. The molecule has 4 nitrogen and oxygen atoms in total. The summed E-state index contributed by atoms with van der Waals surface area (Å²) in [7, 11) is 2.10. The fourth-order valence-electron chi connectivity index (χ4n) is 4.04. The predicted molar refractivity (Wildman–Crippen MR) is 104 cm³/mol. The van der Waals surface area contributed by atoms with Gasteiger partial charge in [-0.15, -0.1) is 0 Å². The Bertz CT molecular complexity index is 563. The van der Waals surface area contributed by atoms with Gasteiger partial charge in [0.05, 0.1) is 12.0 Å². The fourth-order valence-corrected chi connectivity index (χ4v) is 4.04. The number of hydrogen-bond acceptors (Lipinski definition) is 3. The maximum atomic E-state index is 12.5. The Labute approximate surface area is 152 Å². The molecule has 2 unspecified atom stereocenters. The molecule has 0 spiro atoms. The number of carbonyl (C=O) groups excluding carboxylic acids is 1. The number of piperidine rings is 2. The SMILES string of the molecule is CC1CCN(c2ccc(C(C)NC(=O)C3CCCN(C)C3)cc2)CC1. The van der Waals surface area contributed by atoms with Gasteiger partial charge in [0.25, 0.3) is 0 Å². The number of nitrogens with zero attached hydrogens (tertiary/aromatic N) is 2. The quantitative estimate of drug-likeness (QED) is 0.910. The second kappa shape index (κ2) is 8.22. The Morgan fingerprint density at radius 3 is 2.44 bits per heavy atom. The first-order chi connectivity index (χ1) is 12.0. The van der Waals surface area contributed by atoms with Crippen LogP contribution in [0.5, 0.6) is 0 Å². The van der Waals surface area contributed by atoms with E-state index in [0.29, 0.717) is 0 Å². The number of benzene rings is 1. The molecule has 1 N–H and O–H groups in total. The van der Waals surface area contributed by atoms with E-state index >= 15 is 0 Å². The van der Waals surface area contributed by atoms with Crippen molar-refractivity contribution in [2.24, 2.45) is 11.8 Å².